The molecule has 0 saturated carbocycles. The molecule has 0 radical (unpaired) electrons. The Kier molecular flexibility index (Phi) is 4.41. The molecule has 16 heavy (non-hydrogen) atoms. The zero-order valence-corrected chi connectivity index (χ0v) is 10.8. The van der Waals surface area contributed by atoms with E-state index in [9.17, 15) is 0 Å². The largest absolute Gasteiger partial charge is 0.253 e. The van der Waals surface area contributed by atoms with E-state index in [0.717, 1.165) is 16.7 Å². The molecular weight excluding hydrogens is 196 g/mol. The number of fused-ring (bicyclic) bond motifs is 1. The summed E-state index contributed by atoms with van der Waals surface area (Å²) < 4.78 is 0. The Balaban J connectivity index is 0.000000606. The van der Waals surface area contributed by atoms with Gasteiger partial charge in [0.15, 0.2) is 0 Å². The van der Waals surface area contributed by atoms with Gasteiger partial charge in [-0.15, -0.1) is 0 Å². The van der Waals surface area contributed by atoms with Crippen LogP contribution in [0.3, 0.4) is 0 Å². The van der Waals surface area contributed by atoms with Crippen molar-refractivity contribution in [2.75, 3.05) is 0 Å². The number of hydrogen-bond donors (Lipinski definition) is 0. The molecule has 0 atom stereocenters. The van der Waals surface area contributed by atoms with Gasteiger partial charge in [-0.3, -0.25) is 4.98 Å². The van der Waals surface area contributed by atoms with E-state index in [-0.39, 0.29) is 0 Å². The Bertz CT molecular complexity index is 461. The van der Waals surface area contributed by atoms with Gasteiger partial charge in [0.25, 0.3) is 0 Å². The fourth-order valence-corrected chi connectivity index (χ4v) is 1.48. The minimum absolute atomic E-state index is 0.543. The molecule has 0 N–H and O–H groups in total. The van der Waals surface area contributed by atoms with Gasteiger partial charge in [0.05, 0.1) is 16.7 Å². The first-order valence-corrected chi connectivity index (χ1v) is 5.90. The molecule has 2 rings (SSSR count). The highest BCUT2D eigenvalue weighted by molar-refractivity contribution is 5.74. The molecule has 0 unspecified atom stereocenters. The van der Waals surface area contributed by atoms with Crippen molar-refractivity contribution < 1.29 is 0 Å². The van der Waals surface area contributed by atoms with Gasteiger partial charge in [-0.1, -0.05) is 33.8 Å². The maximum Gasteiger partial charge on any atom is 0.0892 e. The Hall–Kier alpha value is -1.44. The van der Waals surface area contributed by atoms with E-state index < -0.39 is 0 Å². The fourth-order valence-electron chi connectivity index (χ4n) is 1.48. The molecular formula is C14H20N2. The lowest BCUT2D eigenvalue weighted by atomic mass is 10.0. The van der Waals surface area contributed by atoms with Crippen LogP contribution < -0.4 is 0 Å². The Labute approximate surface area is 97.7 Å². The van der Waals surface area contributed by atoms with E-state index in [2.05, 4.69) is 35.9 Å². The van der Waals surface area contributed by atoms with Crippen molar-refractivity contribution in [1.82, 2.24) is 9.97 Å². The topological polar surface area (TPSA) is 25.8 Å². The minimum atomic E-state index is 0.543. The zero-order valence-electron chi connectivity index (χ0n) is 10.8. The Morgan fingerprint density at radius 2 is 1.75 bits per heavy atom. The maximum atomic E-state index is 4.46. The van der Waals surface area contributed by atoms with Crippen LogP contribution >= 0.6 is 0 Å². The lowest BCUT2D eigenvalue weighted by Gasteiger charge is -2.05. The van der Waals surface area contributed by atoms with Crippen molar-refractivity contribution in [1.29, 1.82) is 0 Å². The molecule has 2 heteroatoms. The molecule has 1 aromatic heterocycles. The van der Waals surface area contributed by atoms with Gasteiger partial charge in [0, 0.05) is 6.20 Å². The van der Waals surface area contributed by atoms with Crippen LogP contribution in [-0.2, 0) is 0 Å². The van der Waals surface area contributed by atoms with Crippen LogP contribution in [-0.4, -0.2) is 9.97 Å². The maximum absolute atomic E-state index is 4.46. The first kappa shape index (κ1) is 12.6. The van der Waals surface area contributed by atoms with Crippen molar-refractivity contribution in [3.63, 3.8) is 0 Å². The summed E-state index contributed by atoms with van der Waals surface area (Å²) in [6, 6.07) is 6.29. The second-order valence-electron chi connectivity index (χ2n) is 3.91. The van der Waals surface area contributed by atoms with E-state index in [1.54, 1.807) is 6.20 Å². The number of benzene rings is 1. The zero-order chi connectivity index (χ0) is 12.1. The van der Waals surface area contributed by atoms with Crippen LogP contribution in [0.25, 0.3) is 11.0 Å². The van der Waals surface area contributed by atoms with E-state index in [1.165, 1.54) is 5.56 Å². The highest BCUT2D eigenvalue weighted by Crippen LogP contribution is 2.18. The quantitative estimate of drug-likeness (QED) is 0.717. The molecule has 86 valence electrons. The molecule has 0 saturated heterocycles. The van der Waals surface area contributed by atoms with E-state index in [0.29, 0.717) is 5.92 Å². The molecule has 1 heterocycles. The minimum Gasteiger partial charge on any atom is -0.253 e. The standard InChI is InChI=1S/C12H14N2.C2H6/c1-8(2)10-4-5-11-12(6-10)14-9(3)7-13-11;1-2/h4-8H,1-3H3;1-2H3. The van der Waals surface area contributed by atoms with Gasteiger partial charge in [-0.2, -0.15) is 0 Å². The third kappa shape index (κ3) is 2.78. The summed E-state index contributed by atoms with van der Waals surface area (Å²) in [6.45, 7) is 10.3. The summed E-state index contributed by atoms with van der Waals surface area (Å²) >= 11 is 0. The fraction of sp³-hybridized carbons (Fsp3) is 0.429. The number of aryl methyl sites for hydroxylation is 1. The molecule has 1 aromatic carbocycles. The molecule has 0 amide bonds. The van der Waals surface area contributed by atoms with Crippen molar-refractivity contribution in [2.45, 2.75) is 40.5 Å². The van der Waals surface area contributed by atoms with Gasteiger partial charge in [0.2, 0.25) is 0 Å². The predicted octanol–water partition coefficient (Wildman–Crippen LogP) is 4.09. The van der Waals surface area contributed by atoms with Crippen molar-refractivity contribution >= 4 is 11.0 Å². The van der Waals surface area contributed by atoms with Crippen LogP contribution in [0.5, 0.6) is 0 Å². The highest BCUT2D eigenvalue weighted by Gasteiger charge is 2.02. The summed E-state index contributed by atoms with van der Waals surface area (Å²) in [5.74, 6) is 0.543. The number of nitrogens with zero attached hydrogens (tertiary/aromatic N) is 2. The van der Waals surface area contributed by atoms with Gasteiger partial charge >= 0.3 is 0 Å². The van der Waals surface area contributed by atoms with Gasteiger partial charge in [-0.25, -0.2) is 4.98 Å². The molecule has 2 aromatic rings. The summed E-state index contributed by atoms with van der Waals surface area (Å²) in [7, 11) is 0. The Morgan fingerprint density at radius 3 is 2.38 bits per heavy atom. The summed E-state index contributed by atoms with van der Waals surface area (Å²) in [5.41, 5.74) is 4.26. The smallest absolute Gasteiger partial charge is 0.0892 e. The SMILES string of the molecule is CC.Cc1cnc2ccc(C(C)C)cc2n1. The van der Waals surface area contributed by atoms with E-state index in [1.807, 2.05) is 26.8 Å². The van der Waals surface area contributed by atoms with Crippen LogP contribution in [0.4, 0.5) is 0 Å². The third-order valence-corrected chi connectivity index (χ3v) is 2.35. The second kappa shape index (κ2) is 5.59. The Morgan fingerprint density at radius 1 is 1.06 bits per heavy atom. The lowest BCUT2D eigenvalue weighted by Crippen LogP contribution is -1.91. The number of hydrogen-bond acceptors (Lipinski definition) is 2. The van der Waals surface area contributed by atoms with Gasteiger partial charge < -0.3 is 0 Å². The first-order valence-electron chi connectivity index (χ1n) is 5.90. The van der Waals surface area contributed by atoms with Crippen LogP contribution in [0.15, 0.2) is 24.4 Å². The average Bonchev–Trinajstić information content (AvgIpc) is 2.30. The average molecular weight is 216 g/mol. The summed E-state index contributed by atoms with van der Waals surface area (Å²) in [4.78, 5) is 8.77. The summed E-state index contributed by atoms with van der Waals surface area (Å²) in [6.07, 6.45) is 1.80. The molecule has 0 fully saturated rings. The molecule has 0 bridgehead atoms. The van der Waals surface area contributed by atoms with Crippen LogP contribution in [0.1, 0.15) is 44.9 Å². The molecule has 0 aliphatic heterocycles. The first-order chi connectivity index (χ1) is 7.66. The molecule has 0 aliphatic rings. The normalized spacial score (nSPS) is 10.1. The number of rotatable bonds is 1. The van der Waals surface area contributed by atoms with Crippen LogP contribution in [0, 0.1) is 6.92 Å². The van der Waals surface area contributed by atoms with E-state index >= 15 is 0 Å². The van der Waals surface area contributed by atoms with Crippen molar-refractivity contribution in [3.8, 4) is 0 Å². The van der Waals surface area contributed by atoms with Crippen molar-refractivity contribution in [2.24, 2.45) is 0 Å². The molecule has 0 spiro atoms. The van der Waals surface area contributed by atoms with Crippen LogP contribution in [0.2, 0.25) is 0 Å². The lowest BCUT2D eigenvalue weighted by molar-refractivity contribution is 0.867. The molecule has 0 aliphatic carbocycles. The number of aromatic nitrogens is 2. The summed E-state index contributed by atoms with van der Waals surface area (Å²) in [5, 5.41) is 0. The monoisotopic (exact) mass is 216 g/mol. The van der Waals surface area contributed by atoms with Gasteiger partial charge in [-0.05, 0) is 30.5 Å². The van der Waals surface area contributed by atoms with Gasteiger partial charge in [0.1, 0.15) is 0 Å². The van der Waals surface area contributed by atoms with E-state index in [4.69, 9.17) is 0 Å². The molecule has 2 nitrogen and oxygen atoms in total. The second-order valence-corrected chi connectivity index (χ2v) is 3.91. The predicted molar refractivity (Wildman–Crippen MR) is 69.7 cm³/mol. The highest BCUT2D eigenvalue weighted by atomic mass is 14.8. The third-order valence-electron chi connectivity index (χ3n) is 2.35. The van der Waals surface area contributed by atoms with Crippen molar-refractivity contribution in [3.05, 3.63) is 35.7 Å².